The van der Waals surface area contributed by atoms with E-state index in [0.717, 1.165) is 12.0 Å². The lowest BCUT2D eigenvalue weighted by Gasteiger charge is -2.12. The molecular formula is C15H22N2O3. The number of carbonyl (C=O) groups excluding carboxylic acids is 2. The fourth-order valence-electron chi connectivity index (χ4n) is 1.85. The highest BCUT2D eigenvalue weighted by atomic mass is 16.5. The molecule has 5 nitrogen and oxygen atoms in total. The molecule has 0 unspecified atom stereocenters. The number of carbonyl (C=O) groups is 2. The second-order valence-electron chi connectivity index (χ2n) is 5.24. The van der Waals surface area contributed by atoms with Crippen molar-refractivity contribution in [3.8, 4) is 0 Å². The van der Waals surface area contributed by atoms with Gasteiger partial charge in [-0.15, -0.1) is 0 Å². The van der Waals surface area contributed by atoms with Crippen LogP contribution in [0.4, 0.5) is 0 Å². The highest BCUT2D eigenvalue weighted by Crippen LogP contribution is 2.18. The molecule has 20 heavy (non-hydrogen) atoms. The summed E-state index contributed by atoms with van der Waals surface area (Å²) in [6, 6.07) is 7.89. The van der Waals surface area contributed by atoms with E-state index in [1.165, 1.54) is 5.56 Å². The van der Waals surface area contributed by atoms with Crippen LogP contribution in [-0.2, 0) is 20.7 Å². The van der Waals surface area contributed by atoms with Gasteiger partial charge in [0.25, 0.3) is 5.91 Å². The van der Waals surface area contributed by atoms with E-state index in [1.54, 1.807) is 6.92 Å². The Labute approximate surface area is 119 Å². The van der Waals surface area contributed by atoms with Crippen LogP contribution in [0, 0.1) is 5.92 Å². The lowest BCUT2D eigenvalue weighted by molar-refractivity contribution is -0.149. The SMILES string of the molecule is CC(C)Cc1ccc([C@H](C)C(=O)OCC(=O)NN)cc1. The predicted molar refractivity (Wildman–Crippen MR) is 76.7 cm³/mol. The second kappa shape index (κ2) is 7.65. The summed E-state index contributed by atoms with van der Waals surface area (Å²) in [7, 11) is 0. The predicted octanol–water partition coefficient (Wildman–Crippen LogP) is 1.52. The van der Waals surface area contributed by atoms with Gasteiger partial charge in [-0.2, -0.15) is 0 Å². The molecule has 0 aliphatic rings. The average molecular weight is 278 g/mol. The fraction of sp³-hybridized carbons (Fsp3) is 0.467. The molecule has 110 valence electrons. The third-order valence-electron chi connectivity index (χ3n) is 2.98. The first-order valence-corrected chi connectivity index (χ1v) is 6.69. The van der Waals surface area contributed by atoms with Crippen LogP contribution in [0.1, 0.15) is 37.8 Å². The van der Waals surface area contributed by atoms with Crippen LogP contribution < -0.4 is 11.3 Å². The molecule has 0 aliphatic carbocycles. The minimum atomic E-state index is -0.530. The Kier molecular flexibility index (Phi) is 6.18. The number of rotatable bonds is 6. The molecular weight excluding hydrogens is 256 g/mol. The number of esters is 1. The van der Waals surface area contributed by atoms with E-state index in [0.29, 0.717) is 5.92 Å². The van der Waals surface area contributed by atoms with Crippen molar-refractivity contribution in [3.05, 3.63) is 35.4 Å². The van der Waals surface area contributed by atoms with Crippen molar-refractivity contribution >= 4 is 11.9 Å². The molecule has 5 heteroatoms. The maximum Gasteiger partial charge on any atom is 0.313 e. The third-order valence-corrected chi connectivity index (χ3v) is 2.98. The molecule has 0 heterocycles. The van der Waals surface area contributed by atoms with Crippen molar-refractivity contribution in [2.24, 2.45) is 11.8 Å². The molecule has 0 saturated carbocycles. The number of hydrogen-bond acceptors (Lipinski definition) is 4. The van der Waals surface area contributed by atoms with E-state index in [1.807, 2.05) is 29.7 Å². The molecule has 1 amide bonds. The zero-order valence-electron chi connectivity index (χ0n) is 12.2. The van der Waals surface area contributed by atoms with Gasteiger partial charge < -0.3 is 4.74 Å². The van der Waals surface area contributed by atoms with Crippen LogP contribution in [0.15, 0.2) is 24.3 Å². The minimum absolute atomic E-state index is 0.356. The smallest absolute Gasteiger partial charge is 0.313 e. The van der Waals surface area contributed by atoms with Crippen molar-refractivity contribution in [2.75, 3.05) is 6.61 Å². The van der Waals surface area contributed by atoms with E-state index >= 15 is 0 Å². The number of benzene rings is 1. The molecule has 0 fully saturated rings. The monoisotopic (exact) mass is 278 g/mol. The summed E-state index contributed by atoms with van der Waals surface area (Å²) < 4.78 is 4.87. The van der Waals surface area contributed by atoms with Crippen molar-refractivity contribution in [1.82, 2.24) is 5.43 Å². The number of hydrogen-bond donors (Lipinski definition) is 2. The standard InChI is InChI=1S/C15H22N2O3/c1-10(2)8-12-4-6-13(7-5-12)11(3)15(19)20-9-14(18)17-16/h4-7,10-11H,8-9,16H2,1-3H3,(H,17,18)/t11-/m0/s1. The van der Waals surface area contributed by atoms with Gasteiger partial charge in [0, 0.05) is 0 Å². The molecule has 1 aromatic carbocycles. The molecule has 1 atom stereocenters. The quantitative estimate of drug-likeness (QED) is 0.358. The van der Waals surface area contributed by atoms with Crippen molar-refractivity contribution < 1.29 is 14.3 Å². The molecule has 1 aromatic rings. The highest BCUT2D eigenvalue weighted by Gasteiger charge is 2.17. The first kappa shape index (κ1) is 16.2. The van der Waals surface area contributed by atoms with Crippen LogP contribution in [0.2, 0.25) is 0 Å². The summed E-state index contributed by atoms with van der Waals surface area (Å²) in [4.78, 5) is 22.7. The summed E-state index contributed by atoms with van der Waals surface area (Å²) >= 11 is 0. The largest absolute Gasteiger partial charge is 0.455 e. The van der Waals surface area contributed by atoms with E-state index in [9.17, 15) is 9.59 Å². The number of amides is 1. The zero-order chi connectivity index (χ0) is 15.1. The molecule has 3 N–H and O–H groups in total. The number of nitrogens with one attached hydrogen (secondary N) is 1. The lowest BCUT2D eigenvalue weighted by Crippen LogP contribution is -2.34. The van der Waals surface area contributed by atoms with Gasteiger partial charge >= 0.3 is 5.97 Å². The zero-order valence-corrected chi connectivity index (χ0v) is 12.2. The lowest BCUT2D eigenvalue weighted by atomic mass is 9.97. The van der Waals surface area contributed by atoms with Gasteiger partial charge in [0.2, 0.25) is 0 Å². The van der Waals surface area contributed by atoms with E-state index in [-0.39, 0.29) is 6.61 Å². The molecule has 0 radical (unpaired) electrons. The third kappa shape index (κ3) is 5.01. The Hall–Kier alpha value is -1.88. The minimum Gasteiger partial charge on any atom is -0.455 e. The molecule has 0 aromatic heterocycles. The van der Waals surface area contributed by atoms with Crippen molar-refractivity contribution in [3.63, 3.8) is 0 Å². The Morgan fingerprint density at radius 3 is 2.30 bits per heavy atom. The van der Waals surface area contributed by atoms with E-state index in [2.05, 4.69) is 13.8 Å². The Morgan fingerprint density at radius 2 is 1.80 bits per heavy atom. The normalized spacial score (nSPS) is 12.1. The van der Waals surface area contributed by atoms with Gasteiger partial charge in [-0.3, -0.25) is 15.0 Å². The summed E-state index contributed by atoms with van der Waals surface area (Å²) in [5.41, 5.74) is 4.02. The first-order valence-electron chi connectivity index (χ1n) is 6.69. The van der Waals surface area contributed by atoms with Crippen LogP contribution >= 0.6 is 0 Å². The molecule has 0 saturated heterocycles. The number of nitrogens with two attached hydrogens (primary N) is 1. The molecule has 1 rings (SSSR count). The highest BCUT2D eigenvalue weighted by molar-refractivity contribution is 5.82. The summed E-state index contributed by atoms with van der Waals surface area (Å²) in [5.74, 6) is 4.13. The fourth-order valence-corrected chi connectivity index (χ4v) is 1.85. The van der Waals surface area contributed by atoms with E-state index < -0.39 is 17.8 Å². The van der Waals surface area contributed by atoms with Crippen molar-refractivity contribution in [1.29, 1.82) is 0 Å². The maximum atomic E-state index is 11.8. The van der Waals surface area contributed by atoms with Crippen LogP contribution in [0.25, 0.3) is 0 Å². The Morgan fingerprint density at radius 1 is 1.20 bits per heavy atom. The maximum absolute atomic E-state index is 11.8. The first-order chi connectivity index (χ1) is 9.43. The van der Waals surface area contributed by atoms with Gasteiger partial charge in [-0.05, 0) is 30.4 Å². The summed E-state index contributed by atoms with van der Waals surface area (Å²) in [6.07, 6.45) is 1.01. The van der Waals surface area contributed by atoms with Gasteiger partial charge in [-0.1, -0.05) is 38.1 Å². The Balaban J connectivity index is 2.60. The van der Waals surface area contributed by atoms with Gasteiger partial charge in [0.05, 0.1) is 5.92 Å². The summed E-state index contributed by atoms with van der Waals surface area (Å²) in [6.45, 7) is 5.72. The van der Waals surface area contributed by atoms with E-state index in [4.69, 9.17) is 10.6 Å². The summed E-state index contributed by atoms with van der Waals surface area (Å²) in [5, 5.41) is 0. The second-order valence-corrected chi connectivity index (χ2v) is 5.24. The molecule has 0 aliphatic heterocycles. The van der Waals surface area contributed by atoms with Gasteiger partial charge in [-0.25, -0.2) is 5.84 Å². The van der Waals surface area contributed by atoms with Gasteiger partial charge in [0.1, 0.15) is 0 Å². The number of hydrazine groups is 1. The topological polar surface area (TPSA) is 81.4 Å². The molecule has 0 bridgehead atoms. The van der Waals surface area contributed by atoms with Crippen LogP contribution in [0.5, 0.6) is 0 Å². The van der Waals surface area contributed by atoms with Gasteiger partial charge in [0.15, 0.2) is 6.61 Å². The average Bonchev–Trinajstić information content (AvgIpc) is 2.43. The molecule has 0 spiro atoms. The van der Waals surface area contributed by atoms with Crippen LogP contribution in [0.3, 0.4) is 0 Å². The van der Waals surface area contributed by atoms with Crippen molar-refractivity contribution in [2.45, 2.75) is 33.1 Å². The number of ether oxygens (including phenoxy) is 1. The Bertz CT molecular complexity index is 455. The van der Waals surface area contributed by atoms with Crippen LogP contribution in [-0.4, -0.2) is 18.5 Å².